The molecule has 3 N–H and O–H groups in total. The average Bonchev–Trinajstić information content (AvgIpc) is 3.15. The lowest BCUT2D eigenvalue weighted by Gasteiger charge is -2.31. The third-order valence-corrected chi connectivity index (χ3v) is 5.78. The van der Waals surface area contributed by atoms with Crippen molar-refractivity contribution >= 4 is 34.8 Å². The van der Waals surface area contributed by atoms with Crippen molar-refractivity contribution in [1.29, 1.82) is 0 Å². The lowest BCUT2D eigenvalue weighted by atomic mass is 9.79. The van der Waals surface area contributed by atoms with Crippen molar-refractivity contribution in [1.82, 2.24) is 9.97 Å². The van der Waals surface area contributed by atoms with Crippen LogP contribution in [-0.2, 0) is 4.79 Å². The highest BCUT2D eigenvalue weighted by Crippen LogP contribution is 2.44. The second-order valence-electron chi connectivity index (χ2n) is 7.28. The summed E-state index contributed by atoms with van der Waals surface area (Å²) in [5.41, 5.74) is 0.927. The van der Waals surface area contributed by atoms with Crippen molar-refractivity contribution in [2.75, 3.05) is 5.32 Å². The van der Waals surface area contributed by atoms with Crippen LogP contribution < -0.4 is 16.6 Å². The van der Waals surface area contributed by atoms with Crippen molar-refractivity contribution < 1.29 is 9.21 Å². The topological polar surface area (TPSA) is 108 Å². The molecule has 0 radical (unpaired) electrons. The Balaban J connectivity index is 1.70. The number of hydrogen-bond donors (Lipinski definition) is 3. The summed E-state index contributed by atoms with van der Waals surface area (Å²) < 4.78 is 6.08. The zero-order valence-electron chi connectivity index (χ0n) is 15.5. The molecule has 1 aromatic carbocycles. The Labute approximate surface area is 179 Å². The summed E-state index contributed by atoms with van der Waals surface area (Å²) in [6.07, 6.45) is 1.74. The molecule has 30 heavy (non-hydrogen) atoms. The van der Waals surface area contributed by atoms with Gasteiger partial charge in [0.1, 0.15) is 17.3 Å². The molecular formula is C21H15Cl2N3O4. The molecule has 3 heterocycles. The molecule has 3 aromatic rings. The molecule has 9 heteroatoms. The van der Waals surface area contributed by atoms with Gasteiger partial charge in [-0.15, -0.1) is 0 Å². The van der Waals surface area contributed by atoms with Crippen molar-refractivity contribution in [3.05, 3.63) is 83.8 Å². The molecule has 1 aliphatic heterocycles. The molecule has 5 rings (SSSR count). The molecule has 0 amide bonds. The van der Waals surface area contributed by atoms with Crippen LogP contribution in [0, 0.1) is 0 Å². The van der Waals surface area contributed by atoms with Crippen LogP contribution in [0.15, 0.2) is 55.6 Å². The fourth-order valence-corrected chi connectivity index (χ4v) is 4.66. The van der Waals surface area contributed by atoms with Crippen LogP contribution in [0.25, 0.3) is 11.3 Å². The van der Waals surface area contributed by atoms with Crippen LogP contribution in [0.5, 0.6) is 0 Å². The van der Waals surface area contributed by atoms with Gasteiger partial charge in [0.15, 0.2) is 5.78 Å². The number of benzene rings is 1. The molecule has 2 aliphatic rings. The molecule has 152 valence electrons. The zero-order valence-corrected chi connectivity index (χ0v) is 17.0. The first-order chi connectivity index (χ1) is 14.4. The second-order valence-corrected chi connectivity index (χ2v) is 8.16. The highest BCUT2D eigenvalue weighted by molar-refractivity contribution is 6.35. The number of allylic oxidation sites excluding steroid dienone is 2. The summed E-state index contributed by atoms with van der Waals surface area (Å²) in [7, 11) is 0. The molecule has 0 bridgehead atoms. The number of ketones is 1. The highest BCUT2D eigenvalue weighted by atomic mass is 35.5. The van der Waals surface area contributed by atoms with Crippen LogP contribution >= 0.6 is 23.2 Å². The van der Waals surface area contributed by atoms with Crippen molar-refractivity contribution in [2.45, 2.75) is 25.2 Å². The predicted octanol–water partition coefficient (Wildman–Crippen LogP) is 4.19. The summed E-state index contributed by atoms with van der Waals surface area (Å²) in [5.74, 6) is 0.428. The van der Waals surface area contributed by atoms with E-state index in [2.05, 4.69) is 15.3 Å². The third kappa shape index (κ3) is 3.11. The standard InChI is InChI=1S/C21H15Cl2N3O4/c22-10-6-9(7-11(23)8-10)14-4-5-15(30-14)17-16-12(2-1-3-13(16)27)24-19-18(17)20(28)26-21(29)25-19/h4-8,17H,1-3H2,(H3,24,25,26,28,29). The number of anilines is 1. The first-order valence-corrected chi connectivity index (χ1v) is 10.1. The number of Topliss-reactive ketones (excluding diaryl/α,β-unsaturated/α-hetero) is 1. The van der Waals surface area contributed by atoms with Crippen molar-refractivity contribution in [3.8, 4) is 11.3 Å². The molecule has 0 spiro atoms. The van der Waals surface area contributed by atoms with E-state index in [1.165, 1.54) is 0 Å². The Morgan fingerprint density at radius 2 is 1.73 bits per heavy atom. The van der Waals surface area contributed by atoms with Gasteiger partial charge in [0.25, 0.3) is 5.56 Å². The van der Waals surface area contributed by atoms with Crippen molar-refractivity contribution in [2.24, 2.45) is 0 Å². The minimum atomic E-state index is -0.729. The van der Waals surface area contributed by atoms with E-state index in [4.69, 9.17) is 27.6 Å². The van der Waals surface area contributed by atoms with Gasteiger partial charge in [0.05, 0.1) is 11.5 Å². The van der Waals surface area contributed by atoms with E-state index < -0.39 is 17.2 Å². The van der Waals surface area contributed by atoms with Gasteiger partial charge in [0.2, 0.25) is 0 Å². The Morgan fingerprint density at radius 1 is 0.967 bits per heavy atom. The number of rotatable bonds is 2. The lowest BCUT2D eigenvalue weighted by Crippen LogP contribution is -2.35. The summed E-state index contributed by atoms with van der Waals surface area (Å²) in [5, 5.41) is 4.00. The van der Waals surface area contributed by atoms with Gasteiger partial charge in [0, 0.05) is 33.3 Å². The van der Waals surface area contributed by atoms with E-state index >= 15 is 0 Å². The summed E-state index contributed by atoms with van der Waals surface area (Å²) in [6, 6.07) is 8.51. The summed E-state index contributed by atoms with van der Waals surface area (Å²) in [6.45, 7) is 0. The monoisotopic (exact) mass is 443 g/mol. The molecular weight excluding hydrogens is 429 g/mol. The van der Waals surface area contributed by atoms with Gasteiger partial charge in [-0.05, 0) is 43.2 Å². The number of H-pyrrole nitrogens is 2. The highest BCUT2D eigenvalue weighted by Gasteiger charge is 2.39. The fourth-order valence-electron chi connectivity index (χ4n) is 4.14. The predicted molar refractivity (Wildman–Crippen MR) is 113 cm³/mol. The number of aromatic amines is 2. The number of nitrogens with one attached hydrogen (secondary N) is 3. The maximum Gasteiger partial charge on any atom is 0.327 e. The number of aromatic nitrogens is 2. The summed E-state index contributed by atoms with van der Waals surface area (Å²) in [4.78, 5) is 42.2. The smallest absolute Gasteiger partial charge is 0.327 e. The van der Waals surface area contributed by atoms with E-state index in [0.29, 0.717) is 57.7 Å². The largest absolute Gasteiger partial charge is 0.460 e. The third-order valence-electron chi connectivity index (χ3n) is 5.35. The number of fused-ring (bicyclic) bond motifs is 1. The van der Waals surface area contributed by atoms with E-state index in [1.807, 2.05) is 0 Å². The normalized spacial score (nSPS) is 18.1. The van der Waals surface area contributed by atoms with E-state index in [9.17, 15) is 14.4 Å². The van der Waals surface area contributed by atoms with Gasteiger partial charge < -0.3 is 9.73 Å². The van der Waals surface area contributed by atoms with Crippen LogP contribution in [0.1, 0.15) is 36.5 Å². The Morgan fingerprint density at radius 3 is 2.50 bits per heavy atom. The molecule has 7 nitrogen and oxygen atoms in total. The number of hydrogen-bond acceptors (Lipinski definition) is 5. The van der Waals surface area contributed by atoms with E-state index in [-0.39, 0.29) is 17.2 Å². The molecule has 0 fully saturated rings. The minimum Gasteiger partial charge on any atom is -0.460 e. The number of furan rings is 1. The van der Waals surface area contributed by atoms with Gasteiger partial charge >= 0.3 is 5.69 Å². The zero-order chi connectivity index (χ0) is 21.0. The summed E-state index contributed by atoms with van der Waals surface area (Å²) >= 11 is 12.2. The van der Waals surface area contributed by atoms with Crippen LogP contribution in [-0.4, -0.2) is 15.8 Å². The number of halogens is 2. The van der Waals surface area contributed by atoms with E-state index in [1.54, 1.807) is 30.3 Å². The maximum atomic E-state index is 12.8. The van der Waals surface area contributed by atoms with E-state index in [0.717, 1.165) is 0 Å². The average molecular weight is 444 g/mol. The maximum absolute atomic E-state index is 12.8. The lowest BCUT2D eigenvalue weighted by molar-refractivity contribution is -0.116. The van der Waals surface area contributed by atoms with Crippen LogP contribution in [0.3, 0.4) is 0 Å². The molecule has 1 aliphatic carbocycles. The molecule has 1 atom stereocenters. The van der Waals surface area contributed by atoms with Crippen LogP contribution in [0.2, 0.25) is 10.0 Å². The molecule has 2 aromatic heterocycles. The molecule has 0 saturated carbocycles. The quantitative estimate of drug-likeness (QED) is 0.549. The Bertz CT molecular complexity index is 1330. The van der Waals surface area contributed by atoms with Gasteiger partial charge in [-0.2, -0.15) is 0 Å². The fraction of sp³-hybridized carbons (Fsp3) is 0.190. The second kappa shape index (κ2) is 7.04. The number of carbonyl (C=O) groups excluding carboxylic acids is 1. The first kappa shape index (κ1) is 19.0. The van der Waals surface area contributed by atoms with Gasteiger partial charge in [-0.25, -0.2) is 4.79 Å². The minimum absolute atomic E-state index is 0.0475. The van der Waals surface area contributed by atoms with Crippen LogP contribution in [0.4, 0.5) is 5.82 Å². The Hall–Kier alpha value is -3.03. The SMILES string of the molecule is O=C1CCCC2=C1C(c1ccc(-c3cc(Cl)cc(Cl)c3)o1)c1c([nH]c(=O)[nH]c1=O)N2. The molecule has 0 saturated heterocycles. The number of carbonyl (C=O) groups is 1. The van der Waals surface area contributed by atoms with Gasteiger partial charge in [-0.3, -0.25) is 19.6 Å². The van der Waals surface area contributed by atoms with Gasteiger partial charge in [-0.1, -0.05) is 23.2 Å². The molecule has 1 unspecified atom stereocenters. The Kier molecular flexibility index (Phi) is 4.45. The van der Waals surface area contributed by atoms with Crippen molar-refractivity contribution in [3.63, 3.8) is 0 Å². The first-order valence-electron chi connectivity index (χ1n) is 9.36.